The van der Waals surface area contributed by atoms with Crippen LogP contribution in [0.15, 0.2) is 11.6 Å². The van der Waals surface area contributed by atoms with E-state index in [1.807, 2.05) is 18.6 Å². The number of amides is 1. The Labute approximate surface area is 99.7 Å². The number of piperidine rings is 1. The number of rotatable bonds is 3. The molecule has 1 N–H and O–H groups in total. The van der Waals surface area contributed by atoms with E-state index in [2.05, 4.69) is 17.2 Å². The lowest BCUT2D eigenvalue weighted by atomic mass is 10.0. The summed E-state index contributed by atoms with van der Waals surface area (Å²) in [7, 11) is 1.87. The number of hydrogen-bond acceptors (Lipinski definition) is 4. The Morgan fingerprint density at radius 2 is 2.50 bits per heavy atom. The van der Waals surface area contributed by atoms with E-state index in [-0.39, 0.29) is 11.9 Å². The molecule has 5 heteroatoms. The maximum Gasteiger partial charge on any atom is 0.222 e. The van der Waals surface area contributed by atoms with Gasteiger partial charge >= 0.3 is 0 Å². The Morgan fingerprint density at radius 3 is 3.12 bits per heavy atom. The van der Waals surface area contributed by atoms with Crippen molar-refractivity contribution in [3.8, 4) is 0 Å². The van der Waals surface area contributed by atoms with Crippen molar-refractivity contribution in [2.75, 3.05) is 13.6 Å². The van der Waals surface area contributed by atoms with Crippen molar-refractivity contribution in [3.05, 3.63) is 16.6 Å². The highest BCUT2D eigenvalue weighted by molar-refractivity contribution is 7.09. The van der Waals surface area contributed by atoms with Gasteiger partial charge in [0.2, 0.25) is 5.91 Å². The van der Waals surface area contributed by atoms with Crippen LogP contribution in [-0.4, -0.2) is 35.4 Å². The van der Waals surface area contributed by atoms with E-state index >= 15 is 0 Å². The van der Waals surface area contributed by atoms with E-state index < -0.39 is 0 Å². The van der Waals surface area contributed by atoms with Crippen molar-refractivity contribution >= 4 is 17.2 Å². The topological polar surface area (TPSA) is 45.2 Å². The van der Waals surface area contributed by atoms with Crippen LogP contribution in [0.1, 0.15) is 30.8 Å². The number of aromatic nitrogens is 1. The Morgan fingerprint density at radius 1 is 1.69 bits per heavy atom. The Kier molecular flexibility index (Phi) is 3.56. The number of likely N-dealkylation sites (N-methyl/N-ethyl adjacent to an activating group) is 1. The number of nitrogens with zero attached hydrogens (tertiary/aromatic N) is 2. The summed E-state index contributed by atoms with van der Waals surface area (Å²) in [5.41, 5.74) is 0. The van der Waals surface area contributed by atoms with Crippen LogP contribution in [0, 0.1) is 0 Å². The van der Waals surface area contributed by atoms with E-state index in [0.717, 1.165) is 18.0 Å². The van der Waals surface area contributed by atoms with E-state index in [1.54, 1.807) is 16.2 Å². The molecule has 0 radical (unpaired) electrons. The lowest BCUT2D eigenvalue weighted by Gasteiger charge is -2.31. The number of hydrogen-bond donors (Lipinski definition) is 1. The summed E-state index contributed by atoms with van der Waals surface area (Å²) in [5, 5.41) is 6.63. The minimum atomic E-state index is 0.250. The first-order valence-electron chi connectivity index (χ1n) is 5.56. The molecule has 1 aliphatic rings. The molecule has 0 spiro atoms. The zero-order chi connectivity index (χ0) is 11.5. The molecule has 0 aliphatic carbocycles. The standard InChI is InChI=1S/C11H17N3OS/c1-8(11-12-5-6-16-11)13-9-3-4-10(15)14(2)7-9/h5-6,8-9,13H,3-4,7H2,1-2H3. The normalized spacial score (nSPS) is 23.5. The van der Waals surface area contributed by atoms with Crippen LogP contribution in [0.4, 0.5) is 0 Å². The highest BCUT2D eigenvalue weighted by atomic mass is 32.1. The van der Waals surface area contributed by atoms with Gasteiger partial charge in [0.25, 0.3) is 0 Å². The summed E-state index contributed by atoms with van der Waals surface area (Å²) < 4.78 is 0. The maximum absolute atomic E-state index is 11.3. The van der Waals surface area contributed by atoms with E-state index in [0.29, 0.717) is 12.5 Å². The average molecular weight is 239 g/mol. The molecule has 1 aromatic rings. The van der Waals surface area contributed by atoms with Gasteiger partial charge < -0.3 is 10.2 Å². The van der Waals surface area contributed by atoms with Gasteiger partial charge in [-0.25, -0.2) is 4.98 Å². The van der Waals surface area contributed by atoms with E-state index in [1.165, 1.54) is 0 Å². The summed E-state index contributed by atoms with van der Waals surface area (Å²) in [6, 6.07) is 0.660. The molecule has 2 unspecified atom stereocenters. The van der Waals surface area contributed by atoms with Gasteiger partial charge in [-0.05, 0) is 13.3 Å². The number of carbonyl (C=O) groups is 1. The number of thiazole rings is 1. The maximum atomic E-state index is 11.3. The third-order valence-corrected chi connectivity index (χ3v) is 3.89. The SMILES string of the molecule is CC(NC1CCC(=O)N(C)C1)c1nccs1. The van der Waals surface area contributed by atoms with Gasteiger partial charge in [0.05, 0.1) is 6.04 Å². The van der Waals surface area contributed by atoms with Crippen LogP contribution in [0.2, 0.25) is 0 Å². The van der Waals surface area contributed by atoms with Crippen molar-refractivity contribution in [1.82, 2.24) is 15.2 Å². The Balaban J connectivity index is 1.88. The van der Waals surface area contributed by atoms with Crippen molar-refractivity contribution in [2.24, 2.45) is 0 Å². The molecule has 16 heavy (non-hydrogen) atoms. The second kappa shape index (κ2) is 4.93. The minimum Gasteiger partial charge on any atom is -0.344 e. The molecule has 0 saturated carbocycles. The lowest BCUT2D eigenvalue weighted by molar-refractivity contribution is -0.132. The van der Waals surface area contributed by atoms with E-state index in [4.69, 9.17) is 0 Å². The lowest BCUT2D eigenvalue weighted by Crippen LogP contribution is -2.47. The minimum absolute atomic E-state index is 0.250. The molecule has 1 amide bonds. The second-order valence-electron chi connectivity index (χ2n) is 4.27. The summed E-state index contributed by atoms with van der Waals surface area (Å²) >= 11 is 1.67. The predicted octanol–water partition coefficient (Wildman–Crippen LogP) is 1.41. The first kappa shape index (κ1) is 11.5. The molecule has 1 fully saturated rings. The highest BCUT2D eigenvalue weighted by Crippen LogP contribution is 2.18. The van der Waals surface area contributed by atoms with Gasteiger partial charge in [0.15, 0.2) is 0 Å². The number of carbonyl (C=O) groups excluding carboxylic acids is 1. The number of nitrogens with one attached hydrogen (secondary N) is 1. The van der Waals surface area contributed by atoms with Gasteiger partial charge in [-0.3, -0.25) is 4.79 Å². The van der Waals surface area contributed by atoms with Gasteiger partial charge in [-0.1, -0.05) is 0 Å². The summed E-state index contributed by atoms with van der Waals surface area (Å²) in [5.74, 6) is 0.250. The third kappa shape index (κ3) is 2.59. The van der Waals surface area contributed by atoms with Gasteiger partial charge in [-0.2, -0.15) is 0 Å². The first-order chi connectivity index (χ1) is 7.66. The molecule has 0 bridgehead atoms. The molecule has 1 aliphatic heterocycles. The summed E-state index contributed by atoms with van der Waals surface area (Å²) in [6.45, 7) is 2.92. The molecule has 88 valence electrons. The van der Waals surface area contributed by atoms with Crippen molar-refractivity contribution in [2.45, 2.75) is 31.8 Å². The largest absolute Gasteiger partial charge is 0.344 e. The Bertz CT molecular complexity index is 352. The molecule has 2 atom stereocenters. The van der Waals surface area contributed by atoms with Gasteiger partial charge in [-0.15, -0.1) is 11.3 Å². The predicted molar refractivity (Wildman–Crippen MR) is 64.3 cm³/mol. The zero-order valence-corrected chi connectivity index (χ0v) is 10.5. The molecule has 2 rings (SSSR count). The molecular formula is C11H17N3OS. The molecule has 4 nitrogen and oxygen atoms in total. The van der Waals surface area contributed by atoms with Crippen LogP contribution in [0.3, 0.4) is 0 Å². The van der Waals surface area contributed by atoms with Crippen molar-refractivity contribution in [1.29, 1.82) is 0 Å². The smallest absolute Gasteiger partial charge is 0.222 e. The fourth-order valence-corrected chi connectivity index (χ4v) is 2.68. The summed E-state index contributed by atoms with van der Waals surface area (Å²) in [6.07, 6.45) is 3.41. The van der Waals surface area contributed by atoms with Gasteiger partial charge in [0, 0.05) is 37.6 Å². The number of likely N-dealkylation sites (tertiary alicyclic amines) is 1. The molecule has 1 saturated heterocycles. The van der Waals surface area contributed by atoms with Crippen LogP contribution >= 0.6 is 11.3 Å². The van der Waals surface area contributed by atoms with Crippen molar-refractivity contribution in [3.63, 3.8) is 0 Å². The van der Waals surface area contributed by atoms with Crippen molar-refractivity contribution < 1.29 is 4.79 Å². The van der Waals surface area contributed by atoms with Crippen LogP contribution in [-0.2, 0) is 4.79 Å². The second-order valence-corrected chi connectivity index (χ2v) is 5.19. The third-order valence-electron chi connectivity index (χ3n) is 2.93. The monoisotopic (exact) mass is 239 g/mol. The molecular weight excluding hydrogens is 222 g/mol. The average Bonchev–Trinajstić information content (AvgIpc) is 2.77. The summed E-state index contributed by atoms with van der Waals surface area (Å²) in [4.78, 5) is 17.4. The molecule has 2 heterocycles. The van der Waals surface area contributed by atoms with E-state index in [9.17, 15) is 4.79 Å². The van der Waals surface area contributed by atoms with Crippen LogP contribution < -0.4 is 5.32 Å². The fourth-order valence-electron chi connectivity index (χ4n) is 2.02. The molecule has 0 aromatic carbocycles. The van der Waals surface area contributed by atoms with Crippen LogP contribution in [0.5, 0.6) is 0 Å². The van der Waals surface area contributed by atoms with Crippen LogP contribution in [0.25, 0.3) is 0 Å². The first-order valence-corrected chi connectivity index (χ1v) is 6.44. The molecule has 1 aromatic heterocycles. The van der Waals surface area contributed by atoms with Gasteiger partial charge in [0.1, 0.15) is 5.01 Å². The quantitative estimate of drug-likeness (QED) is 0.867. The highest BCUT2D eigenvalue weighted by Gasteiger charge is 2.24. The fraction of sp³-hybridized carbons (Fsp3) is 0.636. The zero-order valence-electron chi connectivity index (χ0n) is 9.64. The Hall–Kier alpha value is -0.940.